The van der Waals surface area contributed by atoms with Gasteiger partial charge in [-0.3, -0.25) is 9.78 Å². The highest BCUT2D eigenvalue weighted by molar-refractivity contribution is 5.85. The van der Waals surface area contributed by atoms with Crippen LogP contribution in [-0.4, -0.2) is 59.4 Å². The number of aliphatic hydroxyl groups is 1. The number of hydrogen-bond donors (Lipinski definition) is 3. The average Bonchev–Trinajstić information content (AvgIpc) is 2.92. The molecule has 1 saturated heterocycles. The summed E-state index contributed by atoms with van der Waals surface area (Å²) in [6.45, 7) is 0.984. The van der Waals surface area contributed by atoms with Crippen LogP contribution in [0.25, 0.3) is 10.9 Å². The molecule has 1 aliphatic heterocycles. The summed E-state index contributed by atoms with van der Waals surface area (Å²) in [4.78, 5) is 18.1. The van der Waals surface area contributed by atoms with Crippen molar-refractivity contribution in [2.24, 2.45) is 5.41 Å². The molecule has 1 unspecified atom stereocenters. The first-order chi connectivity index (χ1) is 19.1. The molecule has 2 aromatic carbocycles. The third-order valence-corrected chi connectivity index (χ3v) is 7.80. The number of rotatable bonds is 12. The lowest BCUT2D eigenvalue weighted by molar-refractivity contribution is -0.141. The fourth-order valence-electron chi connectivity index (χ4n) is 5.58. The van der Waals surface area contributed by atoms with Crippen molar-refractivity contribution >= 4 is 22.6 Å². The van der Waals surface area contributed by atoms with E-state index in [-0.39, 0.29) is 30.6 Å². The number of aliphatic hydroxyl groups excluding tert-OH is 1. The molecule has 1 aliphatic rings. The summed E-state index contributed by atoms with van der Waals surface area (Å²) in [5, 5.41) is 24.1. The molecule has 0 bridgehead atoms. The predicted octanol–water partition coefficient (Wildman–Crippen LogP) is 5.61. The number of methoxy groups -OCH3 is 1. The van der Waals surface area contributed by atoms with Crippen LogP contribution in [0.5, 0.6) is 5.75 Å². The average molecular weight is 564 g/mol. The first-order valence-corrected chi connectivity index (χ1v) is 13.2. The van der Waals surface area contributed by atoms with Crippen LogP contribution in [0.15, 0.2) is 36.5 Å². The van der Waals surface area contributed by atoms with E-state index < -0.39 is 41.6 Å². The number of ether oxygens (including phenoxy) is 1. The molecule has 11 heteroatoms. The molecule has 3 N–H and O–H groups in total. The Kier molecular flexibility index (Phi) is 9.47. The zero-order valence-electron chi connectivity index (χ0n) is 22.2. The lowest BCUT2D eigenvalue weighted by Gasteiger charge is -2.41. The zero-order valence-corrected chi connectivity index (χ0v) is 22.2. The molecule has 1 fully saturated rings. The summed E-state index contributed by atoms with van der Waals surface area (Å²) in [5.74, 6) is -3.39. The number of pyridine rings is 1. The van der Waals surface area contributed by atoms with Gasteiger partial charge < -0.3 is 25.2 Å². The number of carboxylic acid groups (broad SMARTS) is 1. The number of hydrogen-bond acceptors (Lipinski definition) is 6. The van der Waals surface area contributed by atoms with Gasteiger partial charge in [-0.25, -0.2) is 17.6 Å². The summed E-state index contributed by atoms with van der Waals surface area (Å²) in [5.41, 5.74) is 0.344. The summed E-state index contributed by atoms with van der Waals surface area (Å²) >= 11 is 0. The molecule has 2 heterocycles. The Morgan fingerprint density at radius 1 is 1.18 bits per heavy atom. The number of benzene rings is 2. The van der Waals surface area contributed by atoms with Crippen LogP contribution in [0, 0.1) is 22.9 Å². The number of aromatic nitrogens is 1. The second-order valence-corrected chi connectivity index (χ2v) is 10.4. The number of aliphatic carboxylic acids is 1. The van der Waals surface area contributed by atoms with Crippen molar-refractivity contribution < 1.29 is 37.3 Å². The van der Waals surface area contributed by atoms with Crippen molar-refractivity contribution in [2.75, 3.05) is 38.6 Å². The molecule has 4 rings (SSSR count). The minimum atomic E-state index is -1.03. The van der Waals surface area contributed by atoms with Crippen LogP contribution in [0.3, 0.4) is 0 Å². The Balaban J connectivity index is 1.41. The van der Waals surface area contributed by atoms with E-state index in [0.29, 0.717) is 73.2 Å². The molecule has 0 aliphatic carbocycles. The van der Waals surface area contributed by atoms with Crippen LogP contribution in [0.2, 0.25) is 0 Å². The normalized spacial score (nSPS) is 16.1. The third-order valence-electron chi connectivity index (χ3n) is 7.80. The topological polar surface area (TPSA) is 94.9 Å². The predicted molar refractivity (Wildman–Crippen MR) is 142 cm³/mol. The molecule has 216 valence electrons. The lowest BCUT2D eigenvalue weighted by Crippen LogP contribution is -2.43. The highest BCUT2D eigenvalue weighted by Crippen LogP contribution is 2.42. The molecular formula is C29H33F4N3O4. The van der Waals surface area contributed by atoms with Gasteiger partial charge in [0, 0.05) is 42.4 Å². The molecule has 0 radical (unpaired) electrons. The quantitative estimate of drug-likeness (QED) is 0.247. The SMILES string of the molecule is COc1ccc2ncc(CF)c(C(O)CCC3(CC(=O)O)CCN(CCNc4c(F)cc(F)cc4F)CC3)c2c1. The largest absolute Gasteiger partial charge is 0.497 e. The molecular weight excluding hydrogens is 530 g/mol. The molecule has 40 heavy (non-hydrogen) atoms. The standard InChI is InChI=1S/C29H33F4N3O4/c1-40-20-2-3-24-21(14-20)27(18(16-30)17-35-24)25(37)4-5-29(15-26(38)39)6-9-36(10-7-29)11-8-34-28-22(32)12-19(31)13-23(28)33/h2-3,12-14,17,25,34,37H,4-11,15-16H2,1H3,(H,38,39). The van der Waals surface area contributed by atoms with Crippen molar-refractivity contribution in [2.45, 2.75) is 44.9 Å². The van der Waals surface area contributed by atoms with E-state index in [4.69, 9.17) is 4.74 Å². The molecule has 1 atom stereocenters. The van der Waals surface area contributed by atoms with Crippen molar-refractivity contribution in [3.05, 3.63) is 65.1 Å². The fourth-order valence-corrected chi connectivity index (χ4v) is 5.58. The first-order valence-electron chi connectivity index (χ1n) is 13.2. The van der Waals surface area contributed by atoms with Gasteiger partial charge in [-0.1, -0.05) is 0 Å². The summed E-state index contributed by atoms with van der Waals surface area (Å²) in [6, 6.07) is 6.41. The van der Waals surface area contributed by atoms with Crippen molar-refractivity contribution in [3.8, 4) is 5.75 Å². The van der Waals surface area contributed by atoms with Gasteiger partial charge in [-0.15, -0.1) is 0 Å². The Bertz CT molecular complexity index is 1320. The number of halogens is 4. The minimum Gasteiger partial charge on any atom is -0.497 e. The summed E-state index contributed by atoms with van der Waals surface area (Å²) in [6.07, 6.45) is 2.06. The molecule has 3 aromatic rings. The Morgan fingerprint density at radius 2 is 1.88 bits per heavy atom. The fraction of sp³-hybridized carbons (Fsp3) is 0.448. The number of likely N-dealkylation sites (tertiary alicyclic amines) is 1. The zero-order chi connectivity index (χ0) is 28.9. The van der Waals surface area contributed by atoms with Crippen molar-refractivity contribution in [1.82, 2.24) is 9.88 Å². The molecule has 7 nitrogen and oxygen atoms in total. The van der Waals surface area contributed by atoms with Gasteiger partial charge in [0.25, 0.3) is 0 Å². The molecule has 0 amide bonds. The molecule has 0 saturated carbocycles. The van der Waals surface area contributed by atoms with Gasteiger partial charge in [-0.05, 0) is 68.0 Å². The van der Waals surface area contributed by atoms with Crippen molar-refractivity contribution in [1.29, 1.82) is 0 Å². The van der Waals surface area contributed by atoms with Crippen LogP contribution >= 0.6 is 0 Å². The number of anilines is 1. The van der Waals surface area contributed by atoms with Gasteiger partial charge >= 0.3 is 5.97 Å². The Hall–Kier alpha value is -3.44. The molecule has 0 spiro atoms. The Labute approximate surface area is 229 Å². The number of nitrogens with zero attached hydrogens (tertiary/aromatic N) is 2. The maximum atomic E-state index is 13.9. The van der Waals surface area contributed by atoms with Crippen LogP contribution in [0.4, 0.5) is 23.2 Å². The van der Waals surface area contributed by atoms with Gasteiger partial charge in [0.2, 0.25) is 0 Å². The van der Waals surface area contributed by atoms with E-state index in [1.54, 1.807) is 18.2 Å². The number of carbonyl (C=O) groups is 1. The second-order valence-electron chi connectivity index (χ2n) is 10.4. The van der Waals surface area contributed by atoms with Crippen LogP contribution < -0.4 is 10.1 Å². The number of carboxylic acids is 1. The van der Waals surface area contributed by atoms with Gasteiger partial charge in [0.05, 0.1) is 25.2 Å². The third kappa shape index (κ3) is 6.82. The van der Waals surface area contributed by atoms with Gasteiger partial charge in [0.1, 0.15) is 23.9 Å². The number of nitrogens with one attached hydrogen (secondary N) is 1. The summed E-state index contributed by atoms with van der Waals surface area (Å²) in [7, 11) is 1.52. The van der Waals surface area contributed by atoms with E-state index in [1.807, 2.05) is 0 Å². The second kappa shape index (κ2) is 12.8. The Morgan fingerprint density at radius 3 is 2.50 bits per heavy atom. The molecule has 1 aromatic heterocycles. The van der Waals surface area contributed by atoms with E-state index in [1.165, 1.54) is 13.3 Å². The lowest BCUT2D eigenvalue weighted by atomic mass is 9.71. The minimum absolute atomic E-state index is 0.0707. The summed E-state index contributed by atoms with van der Waals surface area (Å²) < 4.78 is 60.1. The number of piperidine rings is 1. The maximum Gasteiger partial charge on any atom is 0.303 e. The van der Waals surface area contributed by atoms with E-state index in [0.717, 1.165) is 0 Å². The van der Waals surface area contributed by atoms with E-state index in [9.17, 15) is 32.6 Å². The highest BCUT2D eigenvalue weighted by Gasteiger charge is 2.37. The van der Waals surface area contributed by atoms with E-state index in [2.05, 4.69) is 15.2 Å². The maximum absolute atomic E-state index is 13.9. The van der Waals surface area contributed by atoms with Crippen molar-refractivity contribution in [3.63, 3.8) is 0 Å². The first kappa shape index (κ1) is 29.5. The van der Waals surface area contributed by atoms with Gasteiger partial charge in [-0.2, -0.15) is 0 Å². The van der Waals surface area contributed by atoms with Gasteiger partial charge in [0.15, 0.2) is 11.6 Å². The van der Waals surface area contributed by atoms with Crippen LogP contribution in [-0.2, 0) is 11.5 Å². The van der Waals surface area contributed by atoms with E-state index >= 15 is 0 Å². The number of alkyl halides is 1. The highest BCUT2D eigenvalue weighted by atomic mass is 19.1. The van der Waals surface area contributed by atoms with Crippen LogP contribution in [0.1, 0.15) is 49.3 Å². The smallest absolute Gasteiger partial charge is 0.303 e. The monoisotopic (exact) mass is 563 g/mol. The number of fused-ring (bicyclic) bond motifs is 1.